The minimum Gasteiger partial charge on any atom is -1.00 e. The predicted molar refractivity (Wildman–Crippen MR) is 119 cm³/mol. The van der Waals surface area contributed by atoms with E-state index in [-0.39, 0.29) is 43.3 Å². The molecule has 0 aromatic carbocycles. The molecule has 3 heterocycles. The largest absolute Gasteiger partial charge is 2.00 e. The number of aliphatic hydroxyl groups excluding tert-OH is 11. The van der Waals surface area contributed by atoms with Gasteiger partial charge in [-0.3, -0.25) is 0 Å². The monoisotopic (exact) mass is 560 g/mol. The Bertz CT molecular complexity index is 660. The average molecular weight is 561 g/mol. The molecule has 3 aliphatic rings. The van der Waals surface area contributed by atoms with Gasteiger partial charge in [-0.1, -0.05) is 0 Å². The fourth-order valence-corrected chi connectivity index (χ4v) is 4.06. The summed E-state index contributed by atoms with van der Waals surface area (Å²) in [7, 11) is 0. The average Bonchev–Trinajstić information content (AvgIpc) is 2.83. The van der Waals surface area contributed by atoms with Gasteiger partial charge in [-0.2, -0.15) is 0 Å². The number of hydrogen-bond donors (Lipinski definition) is 11. The first-order valence-corrected chi connectivity index (χ1v) is 10.6. The first-order valence-electron chi connectivity index (χ1n) is 10.6. The Hall–Kier alpha value is 0.659. The molecule has 3 saturated heterocycles. The van der Waals surface area contributed by atoms with Crippen molar-refractivity contribution in [3.8, 4) is 0 Å². The normalized spacial score (nSPS) is 49.6. The Morgan fingerprint density at radius 3 is 1.36 bits per heavy atom. The van der Waals surface area contributed by atoms with Gasteiger partial charge in [0.25, 0.3) is 0 Å². The van der Waals surface area contributed by atoms with Gasteiger partial charge in [0.05, 0.1) is 19.8 Å². The van der Waals surface area contributed by atoms with Gasteiger partial charge in [0, 0.05) is 0 Å². The molecule has 18 heteroatoms. The second kappa shape index (κ2) is 14.9. The number of aliphatic hydroxyl groups is 11. The van der Waals surface area contributed by atoms with Gasteiger partial charge in [-0.15, -0.1) is 0 Å². The summed E-state index contributed by atoms with van der Waals surface area (Å²) < 4.78 is 26.4. The minimum absolute atomic E-state index is 0. The van der Waals surface area contributed by atoms with E-state index in [1.807, 2.05) is 0 Å². The van der Waals surface area contributed by atoms with Crippen molar-refractivity contribution in [2.45, 2.75) is 92.1 Å². The van der Waals surface area contributed by atoms with Crippen molar-refractivity contribution in [2.24, 2.45) is 0 Å². The summed E-state index contributed by atoms with van der Waals surface area (Å²) in [5, 5.41) is 109. The SMILES string of the molecule is OCC1OC(OC2C(CO)OC(OC3C(CO)OC(O)C(O)C3O)C(O)C2O)C(O)C(O)C1O.[AlH3].[H-].[H-].[Mg+2]. The van der Waals surface area contributed by atoms with Crippen molar-refractivity contribution >= 4 is 40.4 Å². The second-order valence-corrected chi connectivity index (χ2v) is 8.33. The van der Waals surface area contributed by atoms with Crippen LogP contribution in [0.15, 0.2) is 0 Å². The van der Waals surface area contributed by atoms with Crippen molar-refractivity contribution < 1.29 is 82.7 Å². The van der Waals surface area contributed by atoms with E-state index in [1.165, 1.54) is 0 Å². The van der Waals surface area contributed by atoms with Gasteiger partial charge < -0.3 is 82.7 Å². The Morgan fingerprint density at radius 1 is 0.500 bits per heavy atom. The quantitative estimate of drug-likeness (QED) is 0.129. The van der Waals surface area contributed by atoms with Crippen molar-refractivity contribution in [2.75, 3.05) is 19.8 Å². The van der Waals surface area contributed by atoms with E-state index < -0.39 is 112 Å². The summed E-state index contributed by atoms with van der Waals surface area (Å²) in [5.74, 6) is 0. The molecule has 210 valence electrons. The molecule has 0 saturated carbocycles. The molecular formula is C18H37AlMgO16. The topological polar surface area (TPSA) is 269 Å². The van der Waals surface area contributed by atoms with Crippen molar-refractivity contribution in [1.82, 2.24) is 0 Å². The Morgan fingerprint density at radius 2 is 0.889 bits per heavy atom. The molecule has 0 radical (unpaired) electrons. The van der Waals surface area contributed by atoms with Crippen LogP contribution in [0.3, 0.4) is 0 Å². The second-order valence-electron chi connectivity index (χ2n) is 8.33. The van der Waals surface area contributed by atoms with E-state index in [2.05, 4.69) is 0 Å². The summed E-state index contributed by atoms with van der Waals surface area (Å²) in [6.45, 7) is -2.32. The van der Waals surface area contributed by atoms with E-state index in [1.54, 1.807) is 0 Å². The summed E-state index contributed by atoms with van der Waals surface area (Å²) in [5.41, 5.74) is 0. The maximum Gasteiger partial charge on any atom is 2.00 e. The van der Waals surface area contributed by atoms with Crippen LogP contribution in [-0.2, 0) is 23.7 Å². The number of ether oxygens (including phenoxy) is 5. The molecule has 15 atom stereocenters. The third-order valence-corrected chi connectivity index (χ3v) is 6.09. The molecule has 3 rings (SSSR count). The zero-order valence-electron chi connectivity index (χ0n) is 20.4. The van der Waals surface area contributed by atoms with Gasteiger partial charge in [-0.25, -0.2) is 0 Å². The van der Waals surface area contributed by atoms with Crippen LogP contribution in [0.5, 0.6) is 0 Å². The molecule has 0 aliphatic carbocycles. The summed E-state index contributed by atoms with van der Waals surface area (Å²) in [4.78, 5) is 0. The molecule has 16 nitrogen and oxygen atoms in total. The third kappa shape index (κ3) is 7.04. The Labute approximate surface area is 234 Å². The van der Waals surface area contributed by atoms with E-state index in [9.17, 15) is 56.2 Å². The van der Waals surface area contributed by atoms with Crippen molar-refractivity contribution in [3.63, 3.8) is 0 Å². The first-order chi connectivity index (χ1) is 16.0. The molecule has 3 aliphatic heterocycles. The fraction of sp³-hybridized carbons (Fsp3) is 1.00. The fourth-order valence-electron chi connectivity index (χ4n) is 4.06. The van der Waals surface area contributed by atoms with Crippen LogP contribution in [0, 0.1) is 0 Å². The zero-order valence-corrected chi connectivity index (χ0v) is 19.9. The van der Waals surface area contributed by atoms with E-state index in [0.717, 1.165) is 0 Å². The minimum atomic E-state index is -1.91. The molecule has 0 spiro atoms. The van der Waals surface area contributed by atoms with Gasteiger partial charge in [0.2, 0.25) is 0 Å². The molecule has 0 amide bonds. The maximum absolute atomic E-state index is 10.6. The molecule has 15 unspecified atom stereocenters. The molecule has 0 bridgehead atoms. The standard InChI is InChI=1S/C18H32O16.Al.Mg.5H/c19-1-4-7(22)8(23)12(27)17(31-4)34-15-6(3-21)32-18(13(28)10(15)25)33-14-5(2-20)30-16(29)11(26)9(14)24;;;;;;;/h4-29H,1-3H2;;;;;;;/q;;+2;;;;2*-1. The summed E-state index contributed by atoms with van der Waals surface area (Å²) in [6.07, 6.45) is -25.1. The van der Waals surface area contributed by atoms with Crippen LogP contribution in [0.1, 0.15) is 2.85 Å². The van der Waals surface area contributed by atoms with Crippen LogP contribution in [0.4, 0.5) is 0 Å². The van der Waals surface area contributed by atoms with Crippen molar-refractivity contribution in [1.29, 1.82) is 0 Å². The summed E-state index contributed by atoms with van der Waals surface area (Å²) >= 11 is 0. The van der Waals surface area contributed by atoms with Gasteiger partial charge in [0.1, 0.15) is 73.2 Å². The van der Waals surface area contributed by atoms with Gasteiger partial charge in [-0.05, 0) is 0 Å². The van der Waals surface area contributed by atoms with E-state index in [4.69, 9.17) is 23.7 Å². The smallest absolute Gasteiger partial charge is 1.00 e. The maximum atomic E-state index is 10.6. The first kappa shape index (κ1) is 34.7. The summed E-state index contributed by atoms with van der Waals surface area (Å²) in [6, 6.07) is 0. The van der Waals surface area contributed by atoms with E-state index in [0.29, 0.717) is 0 Å². The van der Waals surface area contributed by atoms with Crippen LogP contribution < -0.4 is 0 Å². The molecular weight excluding hydrogens is 523 g/mol. The number of hydrogen-bond acceptors (Lipinski definition) is 16. The molecule has 36 heavy (non-hydrogen) atoms. The van der Waals surface area contributed by atoms with Crippen LogP contribution >= 0.6 is 0 Å². The molecule has 3 fully saturated rings. The Kier molecular flexibility index (Phi) is 14.3. The zero-order chi connectivity index (χ0) is 25.3. The molecule has 0 aromatic rings. The van der Waals surface area contributed by atoms with Crippen LogP contribution in [0.2, 0.25) is 0 Å². The van der Waals surface area contributed by atoms with Gasteiger partial charge >= 0.3 is 23.1 Å². The molecule has 11 N–H and O–H groups in total. The third-order valence-electron chi connectivity index (χ3n) is 6.09. The number of rotatable bonds is 7. The Balaban J connectivity index is 0. The molecule has 0 aromatic heterocycles. The van der Waals surface area contributed by atoms with Crippen LogP contribution in [0.25, 0.3) is 0 Å². The van der Waals surface area contributed by atoms with Crippen molar-refractivity contribution in [3.05, 3.63) is 0 Å². The van der Waals surface area contributed by atoms with Gasteiger partial charge in [0.15, 0.2) is 36.2 Å². The predicted octanol–water partition coefficient (Wildman–Crippen LogP) is -8.91. The van der Waals surface area contributed by atoms with Crippen LogP contribution in [-0.4, -0.2) is 209 Å². The van der Waals surface area contributed by atoms with E-state index >= 15 is 0 Å².